The lowest BCUT2D eigenvalue weighted by molar-refractivity contribution is 0.186. The molecule has 1 fully saturated rings. The molecule has 1 aromatic heterocycles. The van der Waals surface area contributed by atoms with Gasteiger partial charge >= 0.3 is 0 Å². The summed E-state index contributed by atoms with van der Waals surface area (Å²) >= 11 is 0. The standard InChI is InChI=1S/C13H21N3/c1-11(2)8-16-7-3-4-12(9-16)13-5-6-14-10-15-13/h5-6,10-12H,3-4,7-9H2,1-2H3/t12-/m0/s1. The molecule has 0 N–H and O–H groups in total. The molecule has 2 rings (SSSR count). The lowest BCUT2D eigenvalue weighted by atomic mass is 9.94. The Morgan fingerprint density at radius 2 is 2.38 bits per heavy atom. The van der Waals surface area contributed by atoms with Crippen molar-refractivity contribution in [3.63, 3.8) is 0 Å². The van der Waals surface area contributed by atoms with Gasteiger partial charge in [0, 0.05) is 30.9 Å². The fraction of sp³-hybridized carbons (Fsp3) is 0.692. The van der Waals surface area contributed by atoms with Gasteiger partial charge < -0.3 is 4.90 Å². The van der Waals surface area contributed by atoms with Gasteiger partial charge in [-0.2, -0.15) is 0 Å². The number of hydrogen-bond acceptors (Lipinski definition) is 3. The number of aromatic nitrogens is 2. The predicted molar refractivity (Wildman–Crippen MR) is 65.3 cm³/mol. The molecule has 2 heterocycles. The van der Waals surface area contributed by atoms with Crippen molar-refractivity contribution in [2.45, 2.75) is 32.6 Å². The van der Waals surface area contributed by atoms with E-state index in [1.54, 1.807) is 6.33 Å². The van der Waals surface area contributed by atoms with Gasteiger partial charge in [-0.3, -0.25) is 0 Å². The molecule has 1 aromatic rings. The zero-order valence-electron chi connectivity index (χ0n) is 10.3. The zero-order valence-corrected chi connectivity index (χ0v) is 10.3. The van der Waals surface area contributed by atoms with E-state index in [9.17, 15) is 0 Å². The molecule has 0 radical (unpaired) electrons. The van der Waals surface area contributed by atoms with E-state index in [1.165, 1.54) is 31.6 Å². The molecule has 0 spiro atoms. The Balaban J connectivity index is 1.97. The normalized spacial score (nSPS) is 22.6. The van der Waals surface area contributed by atoms with Crippen LogP contribution in [0.25, 0.3) is 0 Å². The first-order valence-electron chi connectivity index (χ1n) is 6.24. The Bertz CT molecular complexity index is 310. The highest BCUT2D eigenvalue weighted by atomic mass is 15.1. The molecular formula is C13H21N3. The molecule has 1 aliphatic rings. The second-order valence-electron chi connectivity index (χ2n) is 5.13. The summed E-state index contributed by atoms with van der Waals surface area (Å²) in [7, 11) is 0. The minimum absolute atomic E-state index is 0.607. The molecule has 0 bridgehead atoms. The maximum Gasteiger partial charge on any atom is 0.115 e. The molecule has 0 aliphatic carbocycles. The summed E-state index contributed by atoms with van der Waals surface area (Å²) in [5.41, 5.74) is 1.21. The SMILES string of the molecule is CC(C)CN1CCC[C@H](c2ccncn2)C1. The molecule has 88 valence electrons. The molecule has 0 amide bonds. The van der Waals surface area contributed by atoms with E-state index >= 15 is 0 Å². The van der Waals surface area contributed by atoms with E-state index in [0.717, 1.165) is 12.5 Å². The number of piperidine rings is 1. The van der Waals surface area contributed by atoms with Gasteiger partial charge in [0.05, 0.1) is 0 Å². The van der Waals surface area contributed by atoms with E-state index in [-0.39, 0.29) is 0 Å². The average Bonchev–Trinajstić information content (AvgIpc) is 2.30. The smallest absolute Gasteiger partial charge is 0.115 e. The van der Waals surface area contributed by atoms with Crippen molar-refractivity contribution < 1.29 is 0 Å². The summed E-state index contributed by atoms with van der Waals surface area (Å²) in [6.45, 7) is 8.19. The Labute approximate surface area is 97.9 Å². The Morgan fingerprint density at radius 3 is 3.06 bits per heavy atom. The van der Waals surface area contributed by atoms with Crippen molar-refractivity contribution in [1.82, 2.24) is 14.9 Å². The van der Waals surface area contributed by atoms with Crippen molar-refractivity contribution in [3.05, 3.63) is 24.3 Å². The summed E-state index contributed by atoms with van der Waals surface area (Å²) < 4.78 is 0. The van der Waals surface area contributed by atoms with Crippen molar-refractivity contribution >= 4 is 0 Å². The van der Waals surface area contributed by atoms with Gasteiger partial charge in [0.2, 0.25) is 0 Å². The van der Waals surface area contributed by atoms with E-state index < -0.39 is 0 Å². The maximum atomic E-state index is 4.38. The molecule has 3 heteroatoms. The van der Waals surface area contributed by atoms with Crippen LogP contribution in [0.1, 0.15) is 38.3 Å². The molecule has 16 heavy (non-hydrogen) atoms. The van der Waals surface area contributed by atoms with Gasteiger partial charge in [0.1, 0.15) is 6.33 Å². The van der Waals surface area contributed by atoms with Gasteiger partial charge in [-0.1, -0.05) is 13.8 Å². The second kappa shape index (κ2) is 5.39. The summed E-state index contributed by atoms with van der Waals surface area (Å²) in [6, 6.07) is 2.06. The Kier molecular flexibility index (Phi) is 3.88. The highest BCUT2D eigenvalue weighted by Gasteiger charge is 2.22. The zero-order chi connectivity index (χ0) is 11.4. The summed E-state index contributed by atoms with van der Waals surface area (Å²) in [5, 5.41) is 0. The molecular weight excluding hydrogens is 198 g/mol. The topological polar surface area (TPSA) is 29.0 Å². The third kappa shape index (κ3) is 3.01. The van der Waals surface area contributed by atoms with Crippen LogP contribution in [0.4, 0.5) is 0 Å². The predicted octanol–water partition coefficient (Wildman–Crippen LogP) is 2.31. The highest BCUT2D eigenvalue weighted by Crippen LogP contribution is 2.25. The molecule has 0 unspecified atom stereocenters. The van der Waals surface area contributed by atoms with Crippen molar-refractivity contribution in [2.24, 2.45) is 5.92 Å². The van der Waals surface area contributed by atoms with Crippen LogP contribution < -0.4 is 0 Å². The molecule has 1 atom stereocenters. The maximum absolute atomic E-state index is 4.38. The number of likely N-dealkylation sites (tertiary alicyclic amines) is 1. The van der Waals surface area contributed by atoms with E-state index in [2.05, 4.69) is 34.8 Å². The van der Waals surface area contributed by atoms with Gasteiger partial charge in [-0.15, -0.1) is 0 Å². The fourth-order valence-corrected chi connectivity index (χ4v) is 2.52. The average molecular weight is 219 g/mol. The summed E-state index contributed by atoms with van der Waals surface area (Å²) in [5.74, 6) is 1.36. The largest absolute Gasteiger partial charge is 0.302 e. The molecule has 1 aliphatic heterocycles. The molecule has 3 nitrogen and oxygen atoms in total. The summed E-state index contributed by atoms with van der Waals surface area (Å²) in [6.07, 6.45) is 6.08. The summed E-state index contributed by atoms with van der Waals surface area (Å²) in [4.78, 5) is 10.9. The monoisotopic (exact) mass is 219 g/mol. The minimum Gasteiger partial charge on any atom is -0.302 e. The van der Waals surface area contributed by atoms with E-state index in [4.69, 9.17) is 0 Å². The van der Waals surface area contributed by atoms with Gasteiger partial charge in [0.25, 0.3) is 0 Å². The van der Waals surface area contributed by atoms with Gasteiger partial charge in [0.15, 0.2) is 0 Å². The van der Waals surface area contributed by atoms with Gasteiger partial charge in [-0.05, 0) is 31.4 Å². The number of rotatable bonds is 3. The van der Waals surface area contributed by atoms with Crippen LogP contribution in [-0.2, 0) is 0 Å². The van der Waals surface area contributed by atoms with Crippen LogP contribution >= 0.6 is 0 Å². The van der Waals surface area contributed by atoms with Crippen LogP contribution in [0.3, 0.4) is 0 Å². The third-order valence-electron chi connectivity index (χ3n) is 3.15. The van der Waals surface area contributed by atoms with Crippen molar-refractivity contribution in [2.75, 3.05) is 19.6 Å². The van der Waals surface area contributed by atoms with Crippen LogP contribution in [0, 0.1) is 5.92 Å². The lowest BCUT2D eigenvalue weighted by Gasteiger charge is -2.33. The second-order valence-corrected chi connectivity index (χ2v) is 5.13. The van der Waals surface area contributed by atoms with Crippen LogP contribution in [0.2, 0.25) is 0 Å². The van der Waals surface area contributed by atoms with Crippen molar-refractivity contribution in [3.8, 4) is 0 Å². The Hall–Kier alpha value is -0.960. The van der Waals surface area contributed by atoms with Crippen molar-refractivity contribution in [1.29, 1.82) is 0 Å². The van der Waals surface area contributed by atoms with E-state index in [1.807, 2.05) is 6.20 Å². The number of nitrogens with zero attached hydrogens (tertiary/aromatic N) is 3. The fourth-order valence-electron chi connectivity index (χ4n) is 2.52. The minimum atomic E-state index is 0.607. The van der Waals surface area contributed by atoms with Crippen LogP contribution in [0.15, 0.2) is 18.6 Å². The third-order valence-corrected chi connectivity index (χ3v) is 3.15. The first-order valence-corrected chi connectivity index (χ1v) is 6.24. The first-order chi connectivity index (χ1) is 7.75. The van der Waals surface area contributed by atoms with E-state index in [0.29, 0.717) is 5.92 Å². The first kappa shape index (κ1) is 11.5. The quantitative estimate of drug-likeness (QED) is 0.781. The molecule has 0 saturated carbocycles. The van der Waals surface area contributed by atoms with Crippen LogP contribution in [-0.4, -0.2) is 34.5 Å². The lowest BCUT2D eigenvalue weighted by Crippen LogP contribution is -2.37. The van der Waals surface area contributed by atoms with Crippen LogP contribution in [0.5, 0.6) is 0 Å². The van der Waals surface area contributed by atoms with Gasteiger partial charge in [-0.25, -0.2) is 9.97 Å². The molecule has 0 aromatic carbocycles. The number of hydrogen-bond donors (Lipinski definition) is 0. The Morgan fingerprint density at radius 1 is 1.50 bits per heavy atom. The molecule has 1 saturated heterocycles. The highest BCUT2D eigenvalue weighted by molar-refractivity contribution is 5.07.